The highest BCUT2D eigenvalue weighted by Gasteiger charge is 2.10. The van der Waals surface area contributed by atoms with Crippen LogP contribution in [0.3, 0.4) is 0 Å². The molecule has 0 atom stereocenters. The van der Waals surface area contributed by atoms with E-state index in [0.717, 1.165) is 45.7 Å². The molecule has 1 amide bonds. The Morgan fingerprint density at radius 3 is 2.75 bits per heavy atom. The molecular formula is C12H25N3O. The van der Waals surface area contributed by atoms with Crippen LogP contribution >= 0.6 is 0 Å². The van der Waals surface area contributed by atoms with Crippen molar-refractivity contribution in [3.05, 3.63) is 0 Å². The second-order valence-electron chi connectivity index (χ2n) is 4.40. The Labute approximate surface area is 98.8 Å². The van der Waals surface area contributed by atoms with E-state index >= 15 is 0 Å². The summed E-state index contributed by atoms with van der Waals surface area (Å²) in [5, 5.41) is 6.28. The van der Waals surface area contributed by atoms with Crippen LogP contribution < -0.4 is 10.6 Å². The van der Waals surface area contributed by atoms with Gasteiger partial charge in [-0.3, -0.25) is 4.79 Å². The van der Waals surface area contributed by atoms with Crippen molar-refractivity contribution < 1.29 is 4.79 Å². The van der Waals surface area contributed by atoms with Gasteiger partial charge in [0, 0.05) is 45.7 Å². The largest absolute Gasteiger partial charge is 0.356 e. The van der Waals surface area contributed by atoms with E-state index in [2.05, 4.69) is 22.5 Å². The van der Waals surface area contributed by atoms with E-state index < -0.39 is 0 Å². The predicted octanol–water partition coefficient (Wildman–Crippen LogP) is 0.588. The summed E-state index contributed by atoms with van der Waals surface area (Å²) in [4.78, 5) is 13.8. The number of carbonyl (C=O) groups is 1. The Hall–Kier alpha value is -0.610. The maximum atomic E-state index is 11.5. The first kappa shape index (κ1) is 13.5. The van der Waals surface area contributed by atoms with Gasteiger partial charge in [-0.15, -0.1) is 0 Å². The van der Waals surface area contributed by atoms with Gasteiger partial charge in [-0.05, 0) is 6.42 Å². The number of hydrogen-bond acceptors (Lipinski definition) is 3. The lowest BCUT2D eigenvalue weighted by Crippen LogP contribution is -2.44. The zero-order chi connectivity index (χ0) is 11.6. The molecule has 1 aliphatic rings. The minimum Gasteiger partial charge on any atom is -0.356 e. The fraction of sp³-hybridized carbons (Fsp3) is 0.917. The molecule has 1 fully saturated rings. The molecule has 2 N–H and O–H groups in total. The molecule has 4 nitrogen and oxygen atoms in total. The predicted molar refractivity (Wildman–Crippen MR) is 66.5 cm³/mol. The van der Waals surface area contributed by atoms with Gasteiger partial charge in [0.15, 0.2) is 0 Å². The smallest absolute Gasteiger partial charge is 0.221 e. The summed E-state index contributed by atoms with van der Waals surface area (Å²) in [6, 6.07) is 0. The topological polar surface area (TPSA) is 44.4 Å². The first-order valence-corrected chi connectivity index (χ1v) is 6.52. The summed E-state index contributed by atoms with van der Waals surface area (Å²) in [6.07, 6.45) is 4.16. The number of carbonyl (C=O) groups excluding carboxylic acids is 1. The van der Waals surface area contributed by atoms with Crippen molar-refractivity contribution in [2.24, 2.45) is 0 Å². The van der Waals surface area contributed by atoms with Gasteiger partial charge in [-0.1, -0.05) is 19.8 Å². The Balaban J connectivity index is 1.96. The molecule has 0 bridgehead atoms. The lowest BCUT2D eigenvalue weighted by Gasteiger charge is -2.26. The summed E-state index contributed by atoms with van der Waals surface area (Å²) < 4.78 is 0. The molecule has 1 rings (SSSR count). The first-order chi connectivity index (χ1) is 7.83. The fourth-order valence-corrected chi connectivity index (χ4v) is 1.89. The van der Waals surface area contributed by atoms with Crippen LogP contribution in [0.1, 0.15) is 32.6 Å². The maximum absolute atomic E-state index is 11.5. The van der Waals surface area contributed by atoms with Crippen molar-refractivity contribution in [3.8, 4) is 0 Å². The summed E-state index contributed by atoms with van der Waals surface area (Å²) in [7, 11) is 0. The van der Waals surface area contributed by atoms with Gasteiger partial charge < -0.3 is 15.5 Å². The summed E-state index contributed by atoms with van der Waals surface area (Å²) in [6.45, 7) is 8.17. The van der Waals surface area contributed by atoms with Crippen molar-refractivity contribution in [3.63, 3.8) is 0 Å². The number of unbranched alkanes of at least 4 members (excludes halogenated alkanes) is 2. The normalized spacial score (nSPS) is 17.3. The average Bonchev–Trinajstić information content (AvgIpc) is 2.33. The molecule has 0 aliphatic carbocycles. The standard InChI is InChI=1S/C12H25N3O/c1-2-3-4-6-14-12(16)5-9-15-10-7-13-8-11-15/h13H,2-11H2,1H3,(H,14,16). The minimum absolute atomic E-state index is 0.203. The number of hydrogen-bond donors (Lipinski definition) is 2. The molecule has 1 heterocycles. The van der Waals surface area contributed by atoms with E-state index in [1.165, 1.54) is 12.8 Å². The monoisotopic (exact) mass is 227 g/mol. The molecule has 0 unspecified atom stereocenters. The maximum Gasteiger partial charge on any atom is 0.221 e. The molecule has 16 heavy (non-hydrogen) atoms. The molecule has 0 aromatic carbocycles. The highest BCUT2D eigenvalue weighted by Crippen LogP contribution is 1.95. The Kier molecular flexibility index (Phi) is 7.17. The Morgan fingerprint density at radius 2 is 2.06 bits per heavy atom. The minimum atomic E-state index is 0.203. The third-order valence-electron chi connectivity index (χ3n) is 2.97. The summed E-state index contributed by atoms with van der Waals surface area (Å²) in [5.74, 6) is 0.203. The van der Waals surface area contributed by atoms with E-state index in [1.54, 1.807) is 0 Å². The quantitative estimate of drug-likeness (QED) is 0.626. The Morgan fingerprint density at radius 1 is 1.31 bits per heavy atom. The molecule has 94 valence electrons. The number of amides is 1. The summed E-state index contributed by atoms with van der Waals surface area (Å²) >= 11 is 0. The molecule has 0 saturated carbocycles. The second-order valence-corrected chi connectivity index (χ2v) is 4.40. The number of nitrogens with one attached hydrogen (secondary N) is 2. The lowest BCUT2D eigenvalue weighted by atomic mass is 10.2. The van der Waals surface area contributed by atoms with Crippen molar-refractivity contribution in [2.45, 2.75) is 32.6 Å². The Bertz CT molecular complexity index is 191. The van der Waals surface area contributed by atoms with Gasteiger partial charge in [-0.25, -0.2) is 0 Å². The van der Waals surface area contributed by atoms with E-state index in [9.17, 15) is 4.79 Å². The zero-order valence-corrected chi connectivity index (χ0v) is 10.4. The van der Waals surface area contributed by atoms with Crippen molar-refractivity contribution in [2.75, 3.05) is 39.3 Å². The van der Waals surface area contributed by atoms with E-state index in [4.69, 9.17) is 0 Å². The van der Waals surface area contributed by atoms with Gasteiger partial charge >= 0.3 is 0 Å². The molecule has 4 heteroatoms. The van der Waals surface area contributed by atoms with Gasteiger partial charge in [0.05, 0.1) is 0 Å². The molecule has 0 aromatic heterocycles. The number of rotatable bonds is 7. The highest BCUT2D eigenvalue weighted by molar-refractivity contribution is 5.75. The van der Waals surface area contributed by atoms with Crippen LogP contribution in [0.2, 0.25) is 0 Å². The fourth-order valence-electron chi connectivity index (χ4n) is 1.89. The first-order valence-electron chi connectivity index (χ1n) is 6.52. The van der Waals surface area contributed by atoms with Crippen LogP contribution in [0.25, 0.3) is 0 Å². The van der Waals surface area contributed by atoms with Crippen LogP contribution in [0.5, 0.6) is 0 Å². The summed E-state index contributed by atoms with van der Waals surface area (Å²) in [5.41, 5.74) is 0. The van der Waals surface area contributed by atoms with E-state index in [-0.39, 0.29) is 5.91 Å². The van der Waals surface area contributed by atoms with E-state index in [0.29, 0.717) is 6.42 Å². The van der Waals surface area contributed by atoms with Crippen LogP contribution in [-0.4, -0.2) is 50.1 Å². The molecule has 0 radical (unpaired) electrons. The van der Waals surface area contributed by atoms with Crippen LogP contribution in [0.4, 0.5) is 0 Å². The average molecular weight is 227 g/mol. The van der Waals surface area contributed by atoms with Gasteiger partial charge in [0.1, 0.15) is 0 Å². The molecular weight excluding hydrogens is 202 g/mol. The molecule has 0 aromatic rings. The molecule has 0 spiro atoms. The second kappa shape index (κ2) is 8.53. The SMILES string of the molecule is CCCCCNC(=O)CCN1CCNCC1. The third-order valence-corrected chi connectivity index (χ3v) is 2.97. The van der Waals surface area contributed by atoms with E-state index in [1.807, 2.05) is 0 Å². The number of piperazine rings is 1. The zero-order valence-electron chi connectivity index (χ0n) is 10.4. The molecule has 1 aliphatic heterocycles. The van der Waals surface area contributed by atoms with Crippen molar-refractivity contribution >= 4 is 5.91 Å². The van der Waals surface area contributed by atoms with Crippen LogP contribution in [0, 0.1) is 0 Å². The van der Waals surface area contributed by atoms with Gasteiger partial charge in [-0.2, -0.15) is 0 Å². The van der Waals surface area contributed by atoms with Crippen LogP contribution in [0.15, 0.2) is 0 Å². The van der Waals surface area contributed by atoms with Crippen molar-refractivity contribution in [1.82, 2.24) is 15.5 Å². The van der Waals surface area contributed by atoms with Crippen LogP contribution in [-0.2, 0) is 4.79 Å². The lowest BCUT2D eigenvalue weighted by molar-refractivity contribution is -0.121. The number of nitrogens with zero attached hydrogens (tertiary/aromatic N) is 1. The van der Waals surface area contributed by atoms with Crippen molar-refractivity contribution in [1.29, 1.82) is 0 Å². The van der Waals surface area contributed by atoms with Gasteiger partial charge in [0.25, 0.3) is 0 Å². The highest BCUT2D eigenvalue weighted by atomic mass is 16.1. The van der Waals surface area contributed by atoms with Gasteiger partial charge in [0.2, 0.25) is 5.91 Å². The molecule has 1 saturated heterocycles. The third kappa shape index (κ3) is 6.08.